The number of hydrogen-bond acceptors (Lipinski definition) is 5. The summed E-state index contributed by atoms with van der Waals surface area (Å²) in [6.45, 7) is 29.5. The van der Waals surface area contributed by atoms with Crippen molar-refractivity contribution in [1.29, 1.82) is 0 Å². The summed E-state index contributed by atoms with van der Waals surface area (Å²) in [5, 5.41) is 0. The second-order valence-corrected chi connectivity index (χ2v) is 16.9. The van der Waals surface area contributed by atoms with Crippen molar-refractivity contribution in [3.8, 4) is 28.8 Å². The van der Waals surface area contributed by atoms with Crippen LogP contribution in [0.15, 0.2) is 42.7 Å². The Labute approximate surface area is 273 Å². The van der Waals surface area contributed by atoms with E-state index < -0.39 is 0 Å². The highest BCUT2D eigenvalue weighted by Crippen LogP contribution is 2.39. The lowest BCUT2D eigenvalue weighted by atomic mass is 9.72. The third-order valence-electron chi connectivity index (χ3n) is 8.62. The van der Waals surface area contributed by atoms with Gasteiger partial charge in [-0.1, -0.05) is 53.4 Å². The fourth-order valence-electron chi connectivity index (χ4n) is 6.23. The van der Waals surface area contributed by atoms with Gasteiger partial charge in [0.2, 0.25) is 0 Å². The average molecular weight is 609 g/mol. The summed E-state index contributed by atoms with van der Waals surface area (Å²) in [4.78, 5) is 11.8. The van der Waals surface area contributed by atoms with Gasteiger partial charge in [-0.2, -0.15) is 0 Å². The van der Waals surface area contributed by atoms with Crippen LogP contribution in [-0.2, 0) is 17.4 Å². The molecular formula is C40H56N4O. The Balaban J connectivity index is 1.65. The van der Waals surface area contributed by atoms with Gasteiger partial charge in [-0.05, 0) is 137 Å². The first-order valence-electron chi connectivity index (χ1n) is 16.5. The van der Waals surface area contributed by atoms with E-state index in [4.69, 9.17) is 15.5 Å². The monoisotopic (exact) mass is 608 g/mol. The van der Waals surface area contributed by atoms with Crippen molar-refractivity contribution in [2.45, 2.75) is 125 Å². The van der Waals surface area contributed by atoms with E-state index in [2.05, 4.69) is 129 Å². The summed E-state index contributed by atoms with van der Waals surface area (Å²) in [7, 11) is 0. The molecule has 3 heterocycles. The summed E-state index contributed by atoms with van der Waals surface area (Å²) in [5.41, 5.74) is 14.2. The zero-order valence-corrected chi connectivity index (χ0v) is 30.0. The summed E-state index contributed by atoms with van der Waals surface area (Å²) in [5.74, 6) is 8.34. The van der Waals surface area contributed by atoms with E-state index in [1.165, 1.54) is 16.7 Å². The third-order valence-corrected chi connectivity index (χ3v) is 8.62. The van der Waals surface area contributed by atoms with Crippen molar-refractivity contribution in [2.75, 3.05) is 18.8 Å². The molecule has 1 aromatic carbocycles. The van der Waals surface area contributed by atoms with Gasteiger partial charge in [-0.15, -0.1) is 0 Å². The number of benzene rings is 1. The Bertz CT molecular complexity index is 1560. The molecule has 0 amide bonds. The Hall–Kier alpha value is -3.36. The van der Waals surface area contributed by atoms with Crippen LogP contribution < -0.4 is 10.5 Å². The Morgan fingerprint density at radius 2 is 1.53 bits per heavy atom. The molecule has 0 radical (unpaired) electrons. The lowest BCUT2D eigenvalue weighted by Crippen LogP contribution is -2.45. The minimum absolute atomic E-state index is 0.0582. The molecule has 2 aromatic heterocycles. The molecule has 4 rings (SSSR count). The van der Waals surface area contributed by atoms with Gasteiger partial charge in [-0.25, -0.2) is 4.98 Å². The first-order chi connectivity index (χ1) is 20.7. The van der Waals surface area contributed by atoms with Gasteiger partial charge < -0.3 is 10.5 Å². The number of nitrogens with two attached hydrogens (primary N) is 1. The Kier molecular flexibility index (Phi) is 9.81. The van der Waals surface area contributed by atoms with Crippen molar-refractivity contribution in [1.82, 2.24) is 14.9 Å². The lowest BCUT2D eigenvalue weighted by Gasteiger charge is -2.41. The second kappa shape index (κ2) is 12.8. The van der Waals surface area contributed by atoms with Crippen LogP contribution in [0.25, 0.3) is 11.3 Å². The summed E-state index contributed by atoms with van der Waals surface area (Å²) in [6.07, 6.45) is 6.03. The maximum atomic E-state index is 6.51. The van der Waals surface area contributed by atoms with Crippen LogP contribution in [0.5, 0.6) is 5.75 Å². The standard InChI is InChI=1S/C40H56N4O/c1-37(2,3)17-13-27-21-31(35(39(7,8)9)32(22-27)38(4,5)6)26-45-34-24-30(25-43-36(34)41)33-23-29(14-18-42-33)28-15-19-44(20-16-28)40(10,11)12/h14,18,21-25,28H,15-16,19-20,26H2,1-12H3,(H2,41,43). The fourth-order valence-corrected chi connectivity index (χ4v) is 6.23. The molecular weight excluding hydrogens is 552 g/mol. The van der Waals surface area contributed by atoms with Crippen molar-refractivity contribution >= 4 is 5.82 Å². The van der Waals surface area contributed by atoms with Gasteiger partial charge in [0, 0.05) is 34.5 Å². The number of nitrogen functional groups attached to an aromatic ring is 1. The van der Waals surface area contributed by atoms with E-state index in [-0.39, 0.29) is 21.8 Å². The number of anilines is 1. The molecule has 45 heavy (non-hydrogen) atoms. The molecule has 5 nitrogen and oxygen atoms in total. The van der Waals surface area contributed by atoms with Crippen LogP contribution in [0.2, 0.25) is 0 Å². The fraction of sp³-hybridized carbons (Fsp3) is 0.550. The molecule has 2 N–H and O–H groups in total. The number of nitrogens with zero attached hydrogens (tertiary/aromatic N) is 3. The molecule has 0 spiro atoms. The smallest absolute Gasteiger partial charge is 0.166 e. The highest BCUT2D eigenvalue weighted by molar-refractivity contribution is 5.64. The van der Waals surface area contributed by atoms with Gasteiger partial charge >= 0.3 is 0 Å². The lowest BCUT2D eigenvalue weighted by molar-refractivity contribution is 0.102. The SMILES string of the molecule is CC(C)(C)C#Cc1cc(COc2cc(-c3cc(C4CCN(C(C)(C)C)CC4)ccn3)cnc2N)c(C(C)(C)C)c(C(C)(C)C)c1. The summed E-state index contributed by atoms with van der Waals surface area (Å²) in [6, 6.07) is 10.8. The molecule has 1 saturated heterocycles. The number of pyridine rings is 2. The quantitative estimate of drug-likeness (QED) is 0.293. The zero-order valence-electron chi connectivity index (χ0n) is 30.0. The van der Waals surface area contributed by atoms with E-state index in [0.717, 1.165) is 48.3 Å². The van der Waals surface area contributed by atoms with E-state index in [9.17, 15) is 0 Å². The highest BCUT2D eigenvalue weighted by atomic mass is 16.5. The van der Waals surface area contributed by atoms with E-state index in [1.807, 2.05) is 12.3 Å². The zero-order chi connectivity index (χ0) is 33.4. The van der Waals surface area contributed by atoms with Crippen LogP contribution in [0.1, 0.15) is 130 Å². The molecule has 242 valence electrons. The molecule has 1 aliphatic heterocycles. The minimum atomic E-state index is -0.0870. The molecule has 0 bridgehead atoms. The number of ether oxygens (including phenoxy) is 1. The molecule has 0 aliphatic carbocycles. The van der Waals surface area contributed by atoms with Gasteiger partial charge in [0.25, 0.3) is 0 Å². The van der Waals surface area contributed by atoms with E-state index >= 15 is 0 Å². The highest BCUT2D eigenvalue weighted by Gasteiger charge is 2.30. The predicted molar refractivity (Wildman–Crippen MR) is 190 cm³/mol. The molecule has 0 atom stereocenters. The molecule has 1 fully saturated rings. The molecule has 0 saturated carbocycles. The molecule has 0 unspecified atom stereocenters. The maximum absolute atomic E-state index is 6.51. The summed E-state index contributed by atoms with van der Waals surface area (Å²) >= 11 is 0. The minimum Gasteiger partial charge on any atom is -0.485 e. The van der Waals surface area contributed by atoms with Crippen LogP contribution >= 0.6 is 0 Å². The molecule has 5 heteroatoms. The first kappa shape index (κ1) is 34.5. The number of piperidine rings is 1. The average Bonchev–Trinajstić information content (AvgIpc) is 2.93. The number of likely N-dealkylation sites (tertiary alicyclic amines) is 1. The predicted octanol–water partition coefficient (Wildman–Crippen LogP) is 9.28. The van der Waals surface area contributed by atoms with E-state index in [0.29, 0.717) is 24.1 Å². The van der Waals surface area contributed by atoms with Crippen molar-refractivity contribution < 1.29 is 4.74 Å². The topological polar surface area (TPSA) is 64.3 Å². The Morgan fingerprint density at radius 3 is 2.11 bits per heavy atom. The molecule has 3 aromatic rings. The number of aromatic nitrogens is 2. The van der Waals surface area contributed by atoms with Gasteiger partial charge in [0.1, 0.15) is 6.61 Å². The third kappa shape index (κ3) is 8.88. The maximum Gasteiger partial charge on any atom is 0.166 e. The normalized spacial score (nSPS) is 15.5. The van der Waals surface area contributed by atoms with Gasteiger partial charge in [-0.3, -0.25) is 9.88 Å². The first-order valence-corrected chi connectivity index (χ1v) is 16.5. The van der Waals surface area contributed by atoms with Crippen LogP contribution in [0.3, 0.4) is 0 Å². The Morgan fingerprint density at radius 1 is 0.867 bits per heavy atom. The number of rotatable bonds is 5. The van der Waals surface area contributed by atoms with Gasteiger partial charge in [0.05, 0.1) is 5.69 Å². The van der Waals surface area contributed by atoms with Crippen LogP contribution in [0, 0.1) is 17.3 Å². The second-order valence-electron chi connectivity index (χ2n) is 16.9. The van der Waals surface area contributed by atoms with Crippen molar-refractivity contribution in [2.24, 2.45) is 5.41 Å². The largest absolute Gasteiger partial charge is 0.485 e. The van der Waals surface area contributed by atoms with Crippen LogP contribution in [-0.4, -0.2) is 33.5 Å². The van der Waals surface area contributed by atoms with Gasteiger partial charge in [0.15, 0.2) is 11.6 Å². The van der Waals surface area contributed by atoms with Crippen molar-refractivity contribution in [3.63, 3.8) is 0 Å². The molecule has 1 aliphatic rings. The van der Waals surface area contributed by atoms with Crippen molar-refractivity contribution in [3.05, 3.63) is 70.5 Å². The van der Waals surface area contributed by atoms with E-state index in [1.54, 1.807) is 6.20 Å². The van der Waals surface area contributed by atoms with Crippen LogP contribution in [0.4, 0.5) is 5.82 Å². The number of hydrogen-bond donors (Lipinski definition) is 1. The summed E-state index contributed by atoms with van der Waals surface area (Å²) < 4.78 is 6.51.